The highest BCUT2D eigenvalue weighted by atomic mass is 32.3. The summed E-state index contributed by atoms with van der Waals surface area (Å²) < 4.78 is 107. The Bertz CT molecular complexity index is 2460. The van der Waals surface area contributed by atoms with E-state index in [1.807, 2.05) is 6.92 Å². The summed E-state index contributed by atoms with van der Waals surface area (Å²) in [4.78, 5) is 0. The predicted octanol–water partition coefficient (Wildman–Crippen LogP) is -2.48. The van der Waals surface area contributed by atoms with Gasteiger partial charge in [0.25, 0.3) is 0 Å². The van der Waals surface area contributed by atoms with E-state index in [9.17, 15) is 79.4 Å². The molecule has 28 nitrogen and oxygen atoms in total. The van der Waals surface area contributed by atoms with Gasteiger partial charge in [-0.25, -0.2) is 4.18 Å². The third-order valence-electron chi connectivity index (χ3n) is 21.3. The molecule has 496 valence electrons. The van der Waals surface area contributed by atoms with Crippen LogP contribution in [0.15, 0.2) is 11.6 Å². The van der Waals surface area contributed by atoms with Gasteiger partial charge < -0.3 is 118 Å². The summed E-state index contributed by atoms with van der Waals surface area (Å²) in [7, 11) is -4.88. The summed E-state index contributed by atoms with van der Waals surface area (Å²) in [5, 5.41) is 147. The normalized spacial score (nSPS) is 54.1. The van der Waals surface area contributed by atoms with E-state index in [1.54, 1.807) is 0 Å². The van der Waals surface area contributed by atoms with Crippen molar-refractivity contribution in [1.82, 2.24) is 0 Å². The van der Waals surface area contributed by atoms with Crippen molar-refractivity contribution in [3.8, 4) is 0 Å². The van der Waals surface area contributed by atoms with Gasteiger partial charge in [-0.3, -0.25) is 4.55 Å². The number of ether oxygens (including phenoxy) is 11. The second-order valence-electron chi connectivity index (χ2n) is 27.4. The molecule has 10 aliphatic rings. The first-order valence-corrected chi connectivity index (χ1v) is 31.9. The summed E-state index contributed by atoms with van der Waals surface area (Å²) in [6.07, 6.45) is -38.2. The molecule has 0 radical (unpaired) electrons. The molecule has 6 heterocycles. The van der Waals surface area contributed by atoms with Gasteiger partial charge in [0, 0.05) is 0 Å². The molecular formula is C57H94O28S. The van der Waals surface area contributed by atoms with E-state index in [0.717, 1.165) is 19.3 Å². The molecule has 0 aromatic heterocycles. The quantitative estimate of drug-likeness (QED) is 0.0407. The van der Waals surface area contributed by atoms with Gasteiger partial charge in [-0.2, -0.15) is 8.42 Å². The Balaban J connectivity index is 0.929. The Morgan fingerprint density at radius 3 is 1.66 bits per heavy atom. The van der Waals surface area contributed by atoms with Crippen molar-refractivity contribution >= 4 is 10.4 Å². The number of aliphatic hydroxyl groups excluding tert-OH is 12. The lowest BCUT2D eigenvalue weighted by atomic mass is 9.47. The number of hydrogen-bond acceptors (Lipinski definition) is 27. The second-order valence-corrected chi connectivity index (χ2v) is 28.4. The Morgan fingerprint density at radius 2 is 1.09 bits per heavy atom. The Hall–Kier alpha value is -1.35. The second kappa shape index (κ2) is 25.5. The monoisotopic (exact) mass is 1260 g/mol. The summed E-state index contributed by atoms with van der Waals surface area (Å²) in [5.41, 5.74) is -0.939. The van der Waals surface area contributed by atoms with E-state index >= 15 is 0 Å². The van der Waals surface area contributed by atoms with Crippen LogP contribution in [-0.2, 0) is 66.7 Å². The predicted molar refractivity (Wildman–Crippen MR) is 289 cm³/mol. The van der Waals surface area contributed by atoms with Crippen molar-refractivity contribution in [2.24, 2.45) is 40.4 Å². The van der Waals surface area contributed by atoms with Crippen molar-refractivity contribution in [3.05, 3.63) is 11.6 Å². The maximum Gasteiger partial charge on any atom is 0.397 e. The van der Waals surface area contributed by atoms with Gasteiger partial charge in [0.1, 0.15) is 104 Å². The largest absolute Gasteiger partial charge is 0.397 e. The van der Waals surface area contributed by atoms with Gasteiger partial charge in [0.2, 0.25) is 0 Å². The Kier molecular flexibility index (Phi) is 20.0. The van der Waals surface area contributed by atoms with Crippen molar-refractivity contribution < 1.29 is 136 Å². The Morgan fingerprint density at radius 1 is 0.581 bits per heavy atom. The summed E-state index contributed by atoms with van der Waals surface area (Å²) in [5.74, 6) is -0.286. The number of allylic oxidation sites excluding steroid dienone is 2. The van der Waals surface area contributed by atoms with Crippen LogP contribution in [0.2, 0.25) is 0 Å². The molecule has 3 saturated carbocycles. The lowest BCUT2D eigenvalue weighted by Gasteiger charge is -2.60. The van der Waals surface area contributed by atoms with Crippen LogP contribution in [0.3, 0.4) is 0 Å². The highest BCUT2D eigenvalue weighted by Gasteiger charge is 2.67. The van der Waals surface area contributed by atoms with Crippen LogP contribution in [0.4, 0.5) is 0 Å². The van der Waals surface area contributed by atoms with E-state index in [0.29, 0.717) is 25.2 Å². The van der Waals surface area contributed by atoms with Crippen LogP contribution in [-0.4, -0.2) is 270 Å². The zero-order chi connectivity index (χ0) is 62.8. The minimum atomic E-state index is -4.88. The van der Waals surface area contributed by atoms with Crippen LogP contribution in [0.25, 0.3) is 0 Å². The molecule has 9 fully saturated rings. The van der Waals surface area contributed by atoms with Gasteiger partial charge in [0.05, 0.1) is 54.9 Å². The molecule has 4 aliphatic carbocycles. The molecule has 14 N–H and O–H groups in total. The number of hydrogen-bond donors (Lipinski definition) is 14. The van der Waals surface area contributed by atoms with Gasteiger partial charge >= 0.3 is 10.4 Å². The zero-order valence-electron chi connectivity index (χ0n) is 50.0. The molecule has 36 atom stereocenters. The molecule has 36 unspecified atom stereocenters. The van der Waals surface area contributed by atoms with Crippen molar-refractivity contribution in [2.75, 3.05) is 6.61 Å². The molecule has 6 saturated heterocycles. The van der Waals surface area contributed by atoms with Gasteiger partial charge in [-0.1, -0.05) is 39.3 Å². The average Bonchev–Trinajstić information content (AvgIpc) is 1.37. The van der Waals surface area contributed by atoms with Crippen LogP contribution in [0.1, 0.15) is 114 Å². The fourth-order valence-electron chi connectivity index (χ4n) is 16.4. The molecule has 0 amide bonds. The van der Waals surface area contributed by atoms with E-state index in [-0.39, 0.29) is 48.2 Å². The van der Waals surface area contributed by atoms with Gasteiger partial charge in [-0.05, 0) is 126 Å². The summed E-state index contributed by atoms with van der Waals surface area (Å²) >= 11 is 0. The van der Waals surface area contributed by atoms with Gasteiger partial charge in [0.15, 0.2) is 31.5 Å². The Labute approximate surface area is 500 Å². The van der Waals surface area contributed by atoms with Gasteiger partial charge in [-0.15, -0.1) is 0 Å². The maximum atomic E-state index is 12.5. The van der Waals surface area contributed by atoms with Crippen LogP contribution in [0.5, 0.6) is 0 Å². The average molecular weight is 1260 g/mol. The zero-order valence-corrected chi connectivity index (χ0v) is 50.8. The molecular weight excluding hydrogens is 1160 g/mol. The number of aliphatic hydroxyl groups is 13. The molecule has 0 aromatic carbocycles. The number of epoxide rings is 1. The molecule has 29 heteroatoms. The lowest BCUT2D eigenvalue weighted by Crippen LogP contribution is -2.68. The van der Waals surface area contributed by atoms with E-state index in [1.165, 1.54) is 33.3 Å². The molecule has 0 bridgehead atoms. The first-order valence-electron chi connectivity index (χ1n) is 30.6. The fraction of sp³-hybridized carbons (Fsp3) is 0.965. The molecule has 0 spiro atoms. The summed E-state index contributed by atoms with van der Waals surface area (Å²) in [6, 6.07) is 0. The van der Waals surface area contributed by atoms with Crippen LogP contribution >= 0.6 is 0 Å². The first kappa shape index (κ1) is 67.5. The maximum absolute atomic E-state index is 12.5. The summed E-state index contributed by atoms with van der Waals surface area (Å²) in [6.45, 7) is 15.1. The minimum Gasteiger partial charge on any atom is -0.394 e. The number of rotatable bonds is 17. The first-order chi connectivity index (χ1) is 40.2. The smallest absolute Gasteiger partial charge is 0.394 e. The highest BCUT2D eigenvalue weighted by molar-refractivity contribution is 7.80. The highest BCUT2D eigenvalue weighted by Crippen LogP contribution is 2.68. The third kappa shape index (κ3) is 12.7. The van der Waals surface area contributed by atoms with Crippen molar-refractivity contribution in [3.63, 3.8) is 0 Å². The molecule has 86 heavy (non-hydrogen) atoms. The standard InChI is InChI=1S/C57H94O28S/c1-20(2)16-31-49(78-31)57(9,70)33-11-10-27-26-18-30(29-17-25(85-86(71,72)73)12-14-55(29,7)28(26)13-15-56(27,33)8)79-52-44(69)46(37(62)24(6)76-52)82-54-48(84-51-42(67)39(64)35(60)22(4)75-51)43(68)45(32(19-58)80-54)81-53-47(40(65)36(61)23(5)77-53)83-50-41(66)38(63)34(59)21(3)74-50/h13,20-27,29-54,58-70H,10-12,14-19H2,1-9H3,(H,71,72,73). The molecule has 6 aliphatic heterocycles. The minimum absolute atomic E-state index is 0.0436. The van der Waals surface area contributed by atoms with Crippen LogP contribution < -0.4 is 0 Å². The van der Waals surface area contributed by atoms with E-state index in [2.05, 4.69) is 33.8 Å². The third-order valence-corrected chi connectivity index (χ3v) is 21.8. The fourth-order valence-corrected chi connectivity index (χ4v) is 16.9. The molecule has 10 rings (SSSR count). The SMILES string of the molecule is CC(C)CC1OC1C(C)(O)C1CCC2C3CC(OC4OC(C)C(O)C(OC5OC(CO)C(OC6OC(C)C(O)C(O)C6OC6OC(C)C(O)C(O)C6O)C(O)C5OC5OC(C)C(O)C(O)C5O)C4O)C4CC(OS(=O)(=O)O)CCC4(C)C3=CCC21C. The van der Waals surface area contributed by atoms with Crippen LogP contribution in [0, 0.1) is 40.4 Å². The van der Waals surface area contributed by atoms with Crippen molar-refractivity contribution in [1.29, 1.82) is 0 Å². The topological polar surface area (TPSA) is 431 Å². The molecule has 0 aromatic rings. The number of fused-ring (bicyclic) bond motifs is 5. The van der Waals surface area contributed by atoms with Crippen molar-refractivity contribution in [2.45, 2.75) is 297 Å². The lowest BCUT2D eigenvalue weighted by molar-refractivity contribution is -0.408. The van der Waals surface area contributed by atoms with E-state index in [4.69, 9.17) is 56.3 Å². The van der Waals surface area contributed by atoms with E-state index < -0.39 is 200 Å².